The number of carbonyl (C=O) groups is 2. The first kappa shape index (κ1) is 29.5. The summed E-state index contributed by atoms with van der Waals surface area (Å²) in [4.78, 5) is 34.0. The highest BCUT2D eigenvalue weighted by Gasteiger charge is 2.40. The van der Waals surface area contributed by atoms with Gasteiger partial charge in [0.2, 0.25) is 0 Å². The topological polar surface area (TPSA) is 120 Å². The molecular weight excluding hydrogens is 575 g/mol. The number of thiophene rings is 1. The largest absolute Gasteiger partial charge is 0.497 e. The molecule has 0 aliphatic carbocycles. The van der Waals surface area contributed by atoms with Crippen molar-refractivity contribution in [1.82, 2.24) is 24.4 Å². The average molecular weight is 604 g/mol. The van der Waals surface area contributed by atoms with Gasteiger partial charge in [0.05, 0.1) is 31.6 Å². The molecule has 1 aromatic carbocycles. The quantitative estimate of drug-likeness (QED) is 0.320. The van der Waals surface area contributed by atoms with Crippen molar-refractivity contribution < 1.29 is 37.7 Å². The third kappa shape index (κ3) is 5.32. The third-order valence-corrected chi connectivity index (χ3v) is 8.62. The number of benzene rings is 1. The molecule has 0 saturated carbocycles. The molecule has 222 valence electrons. The van der Waals surface area contributed by atoms with Crippen molar-refractivity contribution >= 4 is 28.9 Å². The number of rotatable bonds is 7. The van der Waals surface area contributed by atoms with E-state index in [0.29, 0.717) is 33.8 Å². The number of carboxylic acid groups (broad SMARTS) is 1. The highest BCUT2D eigenvalue weighted by Crippen LogP contribution is 2.37. The molecule has 0 radical (unpaired) electrons. The number of methoxy groups -OCH3 is 1. The van der Waals surface area contributed by atoms with E-state index < -0.39 is 29.8 Å². The monoisotopic (exact) mass is 603 g/mol. The minimum atomic E-state index is -4.76. The lowest BCUT2D eigenvalue weighted by molar-refractivity contribution is -0.143. The molecule has 1 amide bonds. The molecule has 4 heterocycles. The molecule has 2 atom stereocenters. The van der Waals surface area contributed by atoms with Gasteiger partial charge in [-0.25, -0.2) is 14.3 Å². The maximum atomic E-state index is 14.3. The fourth-order valence-electron chi connectivity index (χ4n) is 5.35. The maximum Gasteiger partial charge on any atom is 0.433 e. The maximum absolute atomic E-state index is 14.3. The Morgan fingerprint density at radius 1 is 1.17 bits per heavy atom. The molecule has 3 aromatic heterocycles. The van der Waals surface area contributed by atoms with Crippen molar-refractivity contribution in [3.05, 3.63) is 69.2 Å². The van der Waals surface area contributed by atoms with Gasteiger partial charge in [-0.15, -0.1) is 11.3 Å². The van der Waals surface area contributed by atoms with Crippen LogP contribution in [0, 0.1) is 6.92 Å². The summed E-state index contributed by atoms with van der Waals surface area (Å²) in [5.41, 5.74) is -0.897. The third-order valence-electron chi connectivity index (χ3n) is 7.45. The summed E-state index contributed by atoms with van der Waals surface area (Å²) in [6.45, 7) is 3.83. The lowest BCUT2D eigenvalue weighted by Crippen LogP contribution is -2.55. The number of nitrogens with zero attached hydrogens (tertiary/aromatic N) is 5. The fourth-order valence-corrected chi connectivity index (χ4v) is 6.32. The molecule has 1 fully saturated rings. The summed E-state index contributed by atoms with van der Waals surface area (Å²) in [7, 11) is 1.48. The van der Waals surface area contributed by atoms with E-state index in [0.717, 1.165) is 17.5 Å². The normalized spacial score (nSPS) is 17.0. The molecule has 0 spiro atoms. The standard InChI is InChI=1S/C28H28F3N5O5S/c1-15-13-34(20(14-37)21-8-9-22(42-21)27(39)40)10-11-35(15)26(38)19-12-32-36-24(28(29,30)31)16(2)23(33-25(19)36)17-4-6-18(41-3)7-5-17/h4-9,12,15,20,37H,10-11,13-14H2,1-3H3,(H,39,40)/t15-,20?/m1/s1. The molecular formula is C28H28F3N5O5S. The molecule has 14 heteroatoms. The van der Waals surface area contributed by atoms with Crippen LogP contribution in [0.5, 0.6) is 5.75 Å². The van der Waals surface area contributed by atoms with E-state index in [1.807, 2.05) is 11.8 Å². The van der Waals surface area contributed by atoms with Gasteiger partial charge in [-0.1, -0.05) is 0 Å². The van der Waals surface area contributed by atoms with Crippen LogP contribution in [0.4, 0.5) is 13.2 Å². The van der Waals surface area contributed by atoms with Crippen molar-refractivity contribution in [2.75, 3.05) is 33.4 Å². The van der Waals surface area contributed by atoms with Crippen LogP contribution >= 0.6 is 11.3 Å². The van der Waals surface area contributed by atoms with Crippen LogP contribution in [-0.4, -0.2) is 85.9 Å². The number of ether oxygens (including phenoxy) is 1. The second kappa shape index (κ2) is 11.3. The van der Waals surface area contributed by atoms with Gasteiger partial charge >= 0.3 is 12.1 Å². The summed E-state index contributed by atoms with van der Waals surface area (Å²) in [5.74, 6) is -1.02. The second-order valence-electron chi connectivity index (χ2n) is 10.0. The van der Waals surface area contributed by atoms with Crippen LogP contribution in [0.15, 0.2) is 42.6 Å². The lowest BCUT2D eigenvalue weighted by Gasteiger charge is -2.42. The minimum Gasteiger partial charge on any atom is -0.497 e. The highest BCUT2D eigenvalue weighted by molar-refractivity contribution is 7.14. The Labute approximate surface area is 242 Å². The minimum absolute atomic E-state index is 0.0568. The van der Waals surface area contributed by atoms with Gasteiger partial charge in [-0.05, 0) is 50.2 Å². The Morgan fingerprint density at radius 3 is 2.45 bits per heavy atom. The van der Waals surface area contributed by atoms with Crippen LogP contribution < -0.4 is 4.74 Å². The molecule has 1 aliphatic rings. The number of aliphatic hydroxyl groups excluding tert-OH is 1. The Morgan fingerprint density at radius 2 is 1.88 bits per heavy atom. The summed E-state index contributed by atoms with van der Waals surface area (Å²) in [6, 6.07) is 8.79. The number of piperazine rings is 1. The van der Waals surface area contributed by atoms with Gasteiger partial charge in [0.1, 0.15) is 16.2 Å². The Bertz CT molecular complexity index is 1640. The van der Waals surface area contributed by atoms with Crippen LogP contribution in [0.3, 0.4) is 0 Å². The Balaban J connectivity index is 1.47. The number of aromatic nitrogens is 3. The van der Waals surface area contributed by atoms with Crippen LogP contribution in [0.2, 0.25) is 0 Å². The SMILES string of the molecule is COc1ccc(-c2nc3c(C(=O)N4CCN(C(CO)c5ccc(C(=O)O)s5)C[C@H]4C)cnn3c(C(F)(F)F)c2C)cc1. The van der Waals surface area contributed by atoms with Crippen molar-refractivity contribution in [2.45, 2.75) is 32.1 Å². The van der Waals surface area contributed by atoms with Gasteiger partial charge in [0, 0.05) is 41.7 Å². The summed E-state index contributed by atoms with van der Waals surface area (Å²) >= 11 is 1.08. The molecule has 4 aromatic rings. The van der Waals surface area contributed by atoms with Crippen molar-refractivity contribution in [2.24, 2.45) is 0 Å². The number of fused-ring (bicyclic) bond motifs is 1. The summed E-state index contributed by atoms with van der Waals surface area (Å²) in [6.07, 6.45) is -3.65. The van der Waals surface area contributed by atoms with Gasteiger partial charge in [0.15, 0.2) is 11.3 Å². The number of hydrogen-bond acceptors (Lipinski definition) is 8. The smallest absolute Gasteiger partial charge is 0.433 e. The predicted octanol–water partition coefficient (Wildman–Crippen LogP) is 4.37. The molecule has 5 rings (SSSR count). The number of amides is 1. The number of halogens is 3. The molecule has 1 aliphatic heterocycles. The summed E-state index contributed by atoms with van der Waals surface area (Å²) < 4.78 is 48.7. The van der Waals surface area contributed by atoms with Crippen LogP contribution in [-0.2, 0) is 6.18 Å². The van der Waals surface area contributed by atoms with Gasteiger partial charge in [-0.2, -0.15) is 18.3 Å². The van der Waals surface area contributed by atoms with Gasteiger partial charge in [-0.3, -0.25) is 9.69 Å². The highest BCUT2D eigenvalue weighted by atomic mass is 32.1. The zero-order valence-electron chi connectivity index (χ0n) is 22.9. The molecule has 1 saturated heterocycles. The first-order chi connectivity index (χ1) is 19.9. The van der Waals surface area contributed by atoms with E-state index in [2.05, 4.69) is 10.1 Å². The van der Waals surface area contributed by atoms with Crippen LogP contribution in [0.1, 0.15) is 49.1 Å². The summed E-state index contributed by atoms with van der Waals surface area (Å²) in [5, 5.41) is 23.3. The molecule has 0 bridgehead atoms. The number of carbonyl (C=O) groups excluding carboxylic acids is 1. The molecule has 10 nitrogen and oxygen atoms in total. The van der Waals surface area contributed by atoms with E-state index in [1.54, 1.807) is 35.2 Å². The fraction of sp³-hybridized carbons (Fsp3) is 0.357. The molecule has 42 heavy (non-hydrogen) atoms. The zero-order valence-corrected chi connectivity index (χ0v) is 23.7. The average Bonchev–Trinajstić information content (AvgIpc) is 3.60. The van der Waals surface area contributed by atoms with Crippen molar-refractivity contribution in [3.63, 3.8) is 0 Å². The Hall–Kier alpha value is -4.01. The predicted molar refractivity (Wildman–Crippen MR) is 148 cm³/mol. The molecule has 1 unspecified atom stereocenters. The number of carboxylic acids is 1. The van der Waals surface area contributed by atoms with Crippen LogP contribution in [0.25, 0.3) is 16.9 Å². The van der Waals surface area contributed by atoms with E-state index in [9.17, 15) is 33.0 Å². The Kier molecular flexibility index (Phi) is 7.96. The number of aliphatic hydroxyl groups is 1. The zero-order chi connectivity index (χ0) is 30.3. The van der Waals surface area contributed by atoms with E-state index >= 15 is 0 Å². The number of alkyl halides is 3. The van der Waals surface area contributed by atoms with Crippen molar-refractivity contribution in [3.8, 4) is 17.0 Å². The lowest BCUT2D eigenvalue weighted by atomic mass is 10.0. The first-order valence-electron chi connectivity index (χ1n) is 13.0. The van der Waals surface area contributed by atoms with Gasteiger partial charge in [0.25, 0.3) is 5.91 Å². The van der Waals surface area contributed by atoms with E-state index in [4.69, 9.17) is 4.74 Å². The van der Waals surface area contributed by atoms with E-state index in [-0.39, 0.29) is 46.5 Å². The number of hydrogen-bond donors (Lipinski definition) is 2. The molecule has 2 N–H and O–H groups in total. The number of aromatic carboxylic acids is 1. The van der Waals surface area contributed by atoms with E-state index in [1.165, 1.54) is 20.1 Å². The van der Waals surface area contributed by atoms with Crippen molar-refractivity contribution in [1.29, 1.82) is 0 Å². The van der Waals surface area contributed by atoms with Gasteiger partial charge < -0.3 is 19.8 Å². The second-order valence-corrected chi connectivity index (χ2v) is 11.1. The first-order valence-corrected chi connectivity index (χ1v) is 13.8.